The molecule has 18 heavy (non-hydrogen) atoms. The summed E-state index contributed by atoms with van der Waals surface area (Å²) in [5, 5.41) is 13.6. The first-order chi connectivity index (χ1) is 8.58. The molecule has 0 atom stereocenters. The first kappa shape index (κ1) is 14.6. The normalized spacial score (nSPS) is 10.7. The van der Waals surface area contributed by atoms with Crippen molar-refractivity contribution in [3.05, 3.63) is 11.3 Å². The molecule has 0 aliphatic rings. The van der Waals surface area contributed by atoms with Crippen LogP contribution in [0.4, 0.5) is 5.82 Å². The Balaban J connectivity index is 3.06. The van der Waals surface area contributed by atoms with Gasteiger partial charge in [0.1, 0.15) is 17.5 Å². The van der Waals surface area contributed by atoms with Crippen molar-refractivity contribution < 1.29 is 0 Å². The molecular formula is C14H24N4. The second-order valence-corrected chi connectivity index (χ2v) is 4.74. The second-order valence-electron chi connectivity index (χ2n) is 4.74. The van der Waals surface area contributed by atoms with Crippen molar-refractivity contribution in [2.24, 2.45) is 13.0 Å². The summed E-state index contributed by atoms with van der Waals surface area (Å²) in [5.74, 6) is 1.64. The van der Waals surface area contributed by atoms with Crippen LogP contribution in [0.5, 0.6) is 0 Å². The fourth-order valence-electron chi connectivity index (χ4n) is 2.36. The average molecular weight is 248 g/mol. The molecule has 0 saturated heterocycles. The summed E-state index contributed by atoms with van der Waals surface area (Å²) in [6, 6.07) is 2.28. The summed E-state index contributed by atoms with van der Waals surface area (Å²) in [7, 11) is 1.92. The SMILES string of the molecule is CCC(CC)CN(CC)c1c(C#N)c(C)nn1C. The minimum atomic E-state index is 0.673. The van der Waals surface area contributed by atoms with E-state index in [0.717, 1.165) is 24.6 Å². The van der Waals surface area contributed by atoms with Gasteiger partial charge in [-0.3, -0.25) is 4.68 Å². The number of hydrogen-bond acceptors (Lipinski definition) is 3. The Morgan fingerprint density at radius 1 is 1.33 bits per heavy atom. The van der Waals surface area contributed by atoms with Gasteiger partial charge in [0, 0.05) is 20.1 Å². The molecule has 0 N–H and O–H groups in total. The van der Waals surface area contributed by atoms with E-state index in [9.17, 15) is 5.26 Å². The highest BCUT2D eigenvalue weighted by Crippen LogP contribution is 2.24. The molecule has 0 unspecified atom stereocenters. The number of anilines is 1. The fourth-order valence-corrected chi connectivity index (χ4v) is 2.36. The molecular weight excluding hydrogens is 224 g/mol. The van der Waals surface area contributed by atoms with Crippen LogP contribution in [0.2, 0.25) is 0 Å². The summed E-state index contributed by atoms with van der Waals surface area (Å²) in [6.07, 6.45) is 2.34. The van der Waals surface area contributed by atoms with E-state index in [1.54, 1.807) is 0 Å². The van der Waals surface area contributed by atoms with E-state index in [2.05, 4.69) is 36.8 Å². The number of aryl methyl sites for hydroxylation is 2. The lowest BCUT2D eigenvalue weighted by atomic mass is 10.0. The van der Waals surface area contributed by atoms with Gasteiger partial charge >= 0.3 is 0 Å². The standard InChI is InChI=1S/C14H24N4/c1-6-12(7-2)10-18(8-3)14-13(9-15)11(4)16-17(14)5/h12H,6-8,10H2,1-5H3. The summed E-state index contributed by atoms with van der Waals surface area (Å²) < 4.78 is 1.83. The van der Waals surface area contributed by atoms with Crippen LogP contribution in [0.3, 0.4) is 0 Å². The molecule has 0 saturated carbocycles. The maximum atomic E-state index is 9.28. The van der Waals surface area contributed by atoms with Crippen molar-refractivity contribution in [2.75, 3.05) is 18.0 Å². The molecule has 0 aliphatic heterocycles. The predicted molar refractivity (Wildman–Crippen MR) is 74.6 cm³/mol. The Bertz CT molecular complexity index is 424. The summed E-state index contributed by atoms with van der Waals surface area (Å²) >= 11 is 0. The third-order valence-corrected chi connectivity index (χ3v) is 3.62. The van der Waals surface area contributed by atoms with Crippen LogP contribution in [0.1, 0.15) is 44.9 Å². The molecule has 0 amide bonds. The van der Waals surface area contributed by atoms with Gasteiger partial charge in [0.15, 0.2) is 0 Å². The van der Waals surface area contributed by atoms with Crippen LogP contribution in [0.15, 0.2) is 0 Å². The van der Waals surface area contributed by atoms with Gasteiger partial charge in [0.05, 0.1) is 5.69 Å². The molecule has 100 valence electrons. The molecule has 4 heteroatoms. The quantitative estimate of drug-likeness (QED) is 0.777. The van der Waals surface area contributed by atoms with Crippen LogP contribution in [-0.4, -0.2) is 22.9 Å². The van der Waals surface area contributed by atoms with Gasteiger partial charge < -0.3 is 4.90 Å². The number of nitriles is 1. The zero-order valence-electron chi connectivity index (χ0n) is 12.2. The number of nitrogens with zero attached hydrogens (tertiary/aromatic N) is 4. The lowest BCUT2D eigenvalue weighted by Gasteiger charge is -2.27. The van der Waals surface area contributed by atoms with E-state index in [1.165, 1.54) is 12.8 Å². The minimum absolute atomic E-state index is 0.673. The Morgan fingerprint density at radius 3 is 2.39 bits per heavy atom. The molecule has 0 aromatic carbocycles. The van der Waals surface area contributed by atoms with Crippen LogP contribution >= 0.6 is 0 Å². The van der Waals surface area contributed by atoms with Crippen LogP contribution < -0.4 is 4.90 Å². The number of aromatic nitrogens is 2. The van der Waals surface area contributed by atoms with Gasteiger partial charge in [0.2, 0.25) is 0 Å². The lowest BCUT2D eigenvalue weighted by molar-refractivity contribution is 0.481. The van der Waals surface area contributed by atoms with Crippen molar-refractivity contribution in [2.45, 2.75) is 40.5 Å². The Hall–Kier alpha value is -1.50. The summed E-state index contributed by atoms with van der Waals surface area (Å²) in [5.41, 5.74) is 1.53. The molecule has 4 nitrogen and oxygen atoms in total. The van der Waals surface area contributed by atoms with Crippen LogP contribution in [0.25, 0.3) is 0 Å². The van der Waals surface area contributed by atoms with Gasteiger partial charge in [-0.05, 0) is 19.8 Å². The number of rotatable bonds is 6. The van der Waals surface area contributed by atoms with Crippen LogP contribution in [-0.2, 0) is 7.05 Å². The Labute approximate surface area is 110 Å². The first-order valence-corrected chi connectivity index (χ1v) is 6.77. The monoisotopic (exact) mass is 248 g/mol. The molecule has 1 rings (SSSR count). The molecule has 0 aliphatic carbocycles. The van der Waals surface area contributed by atoms with E-state index in [1.807, 2.05) is 18.7 Å². The lowest BCUT2D eigenvalue weighted by Crippen LogP contribution is -2.31. The molecule has 1 aromatic heterocycles. The number of hydrogen-bond donors (Lipinski definition) is 0. The molecule has 0 bridgehead atoms. The second kappa shape index (κ2) is 6.44. The van der Waals surface area contributed by atoms with E-state index in [0.29, 0.717) is 11.5 Å². The van der Waals surface area contributed by atoms with Gasteiger partial charge in [-0.25, -0.2) is 0 Å². The maximum absolute atomic E-state index is 9.28. The maximum Gasteiger partial charge on any atom is 0.144 e. The molecule has 0 spiro atoms. The predicted octanol–water partition coefficient (Wildman–Crippen LogP) is 2.86. The highest BCUT2D eigenvalue weighted by atomic mass is 15.4. The van der Waals surface area contributed by atoms with Crippen molar-refractivity contribution in [1.29, 1.82) is 5.26 Å². The van der Waals surface area contributed by atoms with Crippen LogP contribution in [0, 0.1) is 24.2 Å². The average Bonchev–Trinajstić information content (AvgIpc) is 2.65. The van der Waals surface area contributed by atoms with Gasteiger partial charge in [-0.2, -0.15) is 10.4 Å². The smallest absolute Gasteiger partial charge is 0.144 e. The van der Waals surface area contributed by atoms with Gasteiger partial charge in [-0.1, -0.05) is 26.7 Å². The van der Waals surface area contributed by atoms with E-state index in [4.69, 9.17) is 0 Å². The first-order valence-electron chi connectivity index (χ1n) is 6.77. The Morgan fingerprint density at radius 2 is 1.94 bits per heavy atom. The van der Waals surface area contributed by atoms with Crippen molar-refractivity contribution in [3.63, 3.8) is 0 Å². The minimum Gasteiger partial charge on any atom is -0.356 e. The highest BCUT2D eigenvalue weighted by molar-refractivity contribution is 5.56. The summed E-state index contributed by atoms with van der Waals surface area (Å²) in [6.45, 7) is 10.4. The third kappa shape index (κ3) is 2.84. The molecule has 0 fully saturated rings. The largest absolute Gasteiger partial charge is 0.356 e. The zero-order valence-corrected chi connectivity index (χ0v) is 12.2. The van der Waals surface area contributed by atoms with E-state index in [-0.39, 0.29) is 0 Å². The van der Waals surface area contributed by atoms with Crippen molar-refractivity contribution >= 4 is 5.82 Å². The topological polar surface area (TPSA) is 44.9 Å². The fraction of sp³-hybridized carbons (Fsp3) is 0.714. The van der Waals surface area contributed by atoms with Gasteiger partial charge in [-0.15, -0.1) is 0 Å². The third-order valence-electron chi connectivity index (χ3n) is 3.62. The molecule has 1 heterocycles. The van der Waals surface area contributed by atoms with Crippen molar-refractivity contribution in [1.82, 2.24) is 9.78 Å². The summed E-state index contributed by atoms with van der Waals surface area (Å²) in [4.78, 5) is 2.27. The molecule has 1 aromatic rings. The van der Waals surface area contributed by atoms with Crippen molar-refractivity contribution in [3.8, 4) is 6.07 Å². The zero-order chi connectivity index (χ0) is 13.7. The molecule has 0 radical (unpaired) electrons. The Kier molecular flexibility index (Phi) is 5.21. The van der Waals surface area contributed by atoms with Gasteiger partial charge in [0.25, 0.3) is 0 Å². The van der Waals surface area contributed by atoms with E-state index >= 15 is 0 Å². The van der Waals surface area contributed by atoms with E-state index < -0.39 is 0 Å². The highest BCUT2D eigenvalue weighted by Gasteiger charge is 2.20.